The molecular formula is C33H29N3O8. The lowest BCUT2D eigenvalue weighted by molar-refractivity contribution is -0.132. The maximum Gasteiger partial charge on any atom is 0.343 e. The Morgan fingerprint density at radius 3 is 2.02 bits per heavy atom. The van der Waals surface area contributed by atoms with E-state index in [4.69, 9.17) is 18.9 Å². The molecule has 0 saturated carbocycles. The van der Waals surface area contributed by atoms with E-state index in [0.29, 0.717) is 22.6 Å². The fourth-order valence-corrected chi connectivity index (χ4v) is 3.92. The molecule has 0 heterocycles. The van der Waals surface area contributed by atoms with Crippen molar-refractivity contribution in [2.45, 2.75) is 13.8 Å². The van der Waals surface area contributed by atoms with Gasteiger partial charge in [0.2, 0.25) is 0 Å². The van der Waals surface area contributed by atoms with Crippen LogP contribution < -0.4 is 29.7 Å². The number of aryl methyl sites for hydroxylation is 1. The summed E-state index contributed by atoms with van der Waals surface area (Å²) in [5.74, 6) is -1.07. The summed E-state index contributed by atoms with van der Waals surface area (Å²) in [6.45, 7) is 3.19. The van der Waals surface area contributed by atoms with Gasteiger partial charge in [-0.25, -0.2) is 10.2 Å². The summed E-state index contributed by atoms with van der Waals surface area (Å²) < 4.78 is 21.1. The molecular weight excluding hydrogens is 566 g/mol. The Morgan fingerprint density at radius 1 is 0.682 bits per heavy atom. The zero-order chi connectivity index (χ0) is 31.6. The molecule has 2 amide bonds. The van der Waals surface area contributed by atoms with E-state index in [-0.39, 0.29) is 28.4 Å². The van der Waals surface area contributed by atoms with Gasteiger partial charge in [0.1, 0.15) is 0 Å². The van der Waals surface area contributed by atoms with Crippen LogP contribution in [0.15, 0.2) is 90.0 Å². The number of nitrogens with zero attached hydrogens (tertiary/aromatic N) is 1. The third kappa shape index (κ3) is 8.07. The van der Waals surface area contributed by atoms with Crippen LogP contribution in [-0.4, -0.2) is 44.2 Å². The Balaban J connectivity index is 1.38. The number of rotatable bonds is 10. The number of amides is 2. The van der Waals surface area contributed by atoms with E-state index in [1.54, 1.807) is 48.5 Å². The van der Waals surface area contributed by atoms with E-state index >= 15 is 0 Å². The van der Waals surface area contributed by atoms with Gasteiger partial charge in [0.05, 0.1) is 26.0 Å². The van der Waals surface area contributed by atoms with Gasteiger partial charge < -0.3 is 24.3 Å². The average molecular weight is 596 g/mol. The van der Waals surface area contributed by atoms with Gasteiger partial charge in [-0.1, -0.05) is 23.8 Å². The number of anilines is 1. The van der Waals surface area contributed by atoms with Crippen LogP contribution in [0.5, 0.6) is 23.0 Å². The number of methoxy groups -OCH3 is 2. The highest BCUT2D eigenvalue weighted by Crippen LogP contribution is 2.29. The van der Waals surface area contributed by atoms with Crippen LogP contribution in [-0.2, 0) is 4.79 Å². The Kier molecular flexibility index (Phi) is 10.0. The lowest BCUT2D eigenvalue weighted by Gasteiger charge is -2.11. The molecule has 2 N–H and O–H groups in total. The van der Waals surface area contributed by atoms with Gasteiger partial charge in [0, 0.05) is 23.7 Å². The van der Waals surface area contributed by atoms with Gasteiger partial charge in [0.15, 0.2) is 23.0 Å². The van der Waals surface area contributed by atoms with Gasteiger partial charge in [-0.3, -0.25) is 14.4 Å². The summed E-state index contributed by atoms with van der Waals surface area (Å²) >= 11 is 0. The summed E-state index contributed by atoms with van der Waals surface area (Å²) in [6.07, 6.45) is 1.41. The van der Waals surface area contributed by atoms with Crippen LogP contribution in [0.3, 0.4) is 0 Å². The number of carbonyl (C=O) groups excluding carboxylic acids is 4. The fraction of sp³-hybridized carbons (Fsp3) is 0.121. The Labute approximate surface area is 253 Å². The van der Waals surface area contributed by atoms with Gasteiger partial charge in [-0.15, -0.1) is 0 Å². The molecule has 0 aliphatic rings. The fourth-order valence-electron chi connectivity index (χ4n) is 3.92. The van der Waals surface area contributed by atoms with Crippen molar-refractivity contribution in [1.29, 1.82) is 0 Å². The predicted molar refractivity (Wildman–Crippen MR) is 163 cm³/mol. The minimum absolute atomic E-state index is 0.187. The highest BCUT2D eigenvalue weighted by molar-refractivity contribution is 6.05. The Morgan fingerprint density at radius 2 is 1.32 bits per heavy atom. The molecule has 4 aromatic rings. The standard InChI is InChI=1S/C33H29N3O8/c1-20-8-11-23(12-9-20)33(40)44-28-14-10-22(16-29(28)41-3)19-34-36-32(39)24-6-5-7-26(17-24)35-31(38)25-13-15-27(43-21(2)37)30(18-25)42-4/h5-19H,1-4H3,(H,35,38)(H,36,39). The molecule has 4 aromatic carbocycles. The number of hydrogen-bond acceptors (Lipinski definition) is 9. The van der Waals surface area contributed by atoms with Crippen molar-refractivity contribution in [2.75, 3.05) is 19.5 Å². The van der Waals surface area contributed by atoms with Crippen LogP contribution in [0.25, 0.3) is 0 Å². The van der Waals surface area contributed by atoms with Crippen molar-refractivity contribution >= 4 is 35.7 Å². The smallest absolute Gasteiger partial charge is 0.343 e. The molecule has 0 unspecified atom stereocenters. The lowest BCUT2D eigenvalue weighted by atomic mass is 10.1. The summed E-state index contributed by atoms with van der Waals surface area (Å²) in [6, 6.07) is 22.5. The largest absolute Gasteiger partial charge is 0.493 e. The number of hydrogen-bond donors (Lipinski definition) is 2. The number of ether oxygens (including phenoxy) is 4. The van der Waals surface area contributed by atoms with Crippen LogP contribution >= 0.6 is 0 Å². The summed E-state index contributed by atoms with van der Waals surface area (Å²) in [7, 11) is 2.84. The molecule has 0 atom stereocenters. The van der Waals surface area contributed by atoms with E-state index in [2.05, 4.69) is 15.8 Å². The molecule has 0 aliphatic heterocycles. The van der Waals surface area contributed by atoms with Crippen LogP contribution in [0.2, 0.25) is 0 Å². The van der Waals surface area contributed by atoms with Crippen molar-refractivity contribution in [3.8, 4) is 23.0 Å². The second-order valence-electron chi connectivity index (χ2n) is 9.36. The zero-order valence-electron chi connectivity index (χ0n) is 24.4. The molecule has 0 bridgehead atoms. The average Bonchev–Trinajstić information content (AvgIpc) is 3.01. The maximum absolute atomic E-state index is 12.8. The van der Waals surface area contributed by atoms with E-state index < -0.39 is 23.8 Å². The van der Waals surface area contributed by atoms with Crippen molar-refractivity contribution in [3.05, 3.63) is 113 Å². The lowest BCUT2D eigenvalue weighted by Crippen LogP contribution is -2.18. The van der Waals surface area contributed by atoms with E-state index in [1.165, 1.54) is 51.6 Å². The predicted octanol–water partition coefficient (Wildman–Crippen LogP) is 5.17. The maximum atomic E-state index is 12.8. The first kappa shape index (κ1) is 31.0. The molecule has 4 rings (SSSR count). The summed E-state index contributed by atoms with van der Waals surface area (Å²) in [5.41, 5.74) is 5.32. The highest BCUT2D eigenvalue weighted by Gasteiger charge is 2.15. The van der Waals surface area contributed by atoms with Gasteiger partial charge in [0.25, 0.3) is 11.8 Å². The first-order chi connectivity index (χ1) is 21.2. The van der Waals surface area contributed by atoms with Crippen LogP contribution in [0.4, 0.5) is 5.69 Å². The number of carbonyl (C=O) groups is 4. The van der Waals surface area contributed by atoms with Gasteiger partial charge in [-0.05, 0) is 79.2 Å². The first-order valence-corrected chi connectivity index (χ1v) is 13.2. The molecule has 0 fully saturated rings. The number of nitrogens with one attached hydrogen (secondary N) is 2. The monoisotopic (exact) mass is 595 g/mol. The third-order valence-electron chi connectivity index (χ3n) is 6.12. The molecule has 0 aliphatic carbocycles. The van der Waals surface area contributed by atoms with Crippen molar-refractivity contribution < 1.29 is 38.1 Å². The molecule has 11 nitrogen and oxygen atoms in total. The number of hydrazone groups is 1. The second-order valence-corrected chi connectivity index (χ2v) is 9.36. The van der Waals surface area contributed by atoms with E-state index in [0.717, 1.165) is 5.56 Å². The molecule has 0 saturated heterocycles. The topological polar surface area (TPSA) is 142 Å². The molecule has 44 heavy (non-hydrogen) atoms. The third-order valence-corrected chi connectivity index (χ3v) is 6.12. The van der Waals surface area contributed by atoms with Gasteiger partial charge in [-0.2, -0.15) is 5.10 Å². The minimum atomic E-state index is -0.521. The van der Waals surface area contributed by atoms with Gasteiger partial charge >= 0.3 is 11.9 Å². The summed E-state index contributed by atoms with van der Waals surface area (Å²) in [5, 5.41) is 6.72. The van der Waals surface area contributed by atoms with E-state index in [1.807, 2.05) is 19.1 Å². The normalized spacial score (nSPS) is 10.5. The SMILES string of the molecule is COc1cc(C(=O)Nc2cccc(C(=O)NN=Cc3ccc(OC(=O)c4ccc(C)cc4)c(OC)c3)c2)ccc1OC(C)=O. The molecule has 0 aromatic heterocycles. The van der Waals surface area contributed by atoms with Crippen molar-refractivity contribution in [2.24, 2.45) is 5.10 Å². The number of esters is 2. The van der Waals surface area contributed by atoms with Crippen molar-refractivity contribution in [1.82, 2.24) is 5.43 Å². The minimum Gasteiger partial charge on any atom is -0.493 e. The molecule has 0 spiro atoms. The Bertz CT molecular complexity index is 1730. The molecule has 224 valence electrons. The van der Waals surface area contributed by atoms with Crippen molar-refractivity contribution in [3.63, 3.8) is 0 Å². The highest BCUT2D eigenvalue weighted by atomic mass is 16.6. The molecule has 0 radical (unpaired) electrons. The first-order valence-electron chi connectivity index (χ1n) is 13.2. The Hall–Kier alpha value is -5.97. The quantitative estimate of drug-likeness (QED) is 0.111. The summed E-state index contributed by atoms with van der Waals surface area (Å²) in [4.78, 5) is 49.3. The number of benzene rings is 4. The zero-order valence-corrected chi connectivity index (χ0v) is 24.4. The van der Waals surface area contributed by atoms with Crippen LogP contribution in [0.1, 0.15) is 49.1 Å². The second kappa shape index (κ2) is 14.3. The van der Waals surface area contributed by atoms with E-state index in [9.17, 15) is 19.2 Å². The van der Waals surface area contributed by atoms with Crippen LogP contribution in [0, 0.1) is 6.92 Å². The molecule has 11 heteroatoms.